The molecule has 0 aromatic carbocycles. The van der Waals surface area contributed by atoms with Gasteiger partial charge in [0.25, 0.3) is 0 Å². The maximum Gasteiger partial charge on any atom is 0.0526 e. The third-order valence-electron chi connectivity index (χ3n) is 1.26. The Labute approximate surface area is 75.5 Å². The van der Waals surface area contributed by atoms with Crippen LogP contribution in [0.2, 0.25) is 0 Å². The summed E-state index contributed by atoms with van der Waals surface area (Å²) in [5, 5.41) is 3.36. The lowest BCUT2D eigenvalue weighted by Crippen LogP contribution is -1.64. The molecular formula is C8H9NS2. The average molecular weight is 183 g/mol. The highest BCUT2D eigenvalue weighted by Gasteiger charge is 1.88. The summed E-state index contributed by atoms with van der Waals surface area (Å²) in [6.07, 6.45) is 5.40. The van der Waals surface area contributed by atoms with Crippen molar-refractivity contribution in [2.75, 3.05) is 6.26 Å². The van der Waals surface area contributed by atoms with Gasteiger partial charge in [-0.15, -0.1) is 11.3 Å². The van der Waals surface area contributed by atoms with E-state index in [0.717, 1.165) is 0 Å². The molecule has 0 N–H and O–H groups in total. The van der Waals surface area contributed by atoms with Crippen molar-refractivity contribution in [3.8, 4) is 0 Å². The van der Waals surface area contributed by atoms with Gasteiger partial charge < -0.3 is 0 Å². The Morgan fingerprint density at radius 1 is 1.36 bits per heavy atom. The summed E-state index contributed by atoms with van der Waals surface area (Å²) in [7, 11) is 0. The number of nitrogens with zero attached hydrogens (tertiary/aromatic N) is 1. The highest BCUT2D eigenvalue weighted by atomic mass is 32.1. The van der Waals surface area contributed by atoms with Gasteiger partial charge in [-0.25, -0.2) is 0 Å². The topological polar surface area (TPSA) is 12.9 Å². The number of thiol groups is 1. The van der Waals surface area contributed by atoms with Crippen LogP contribution in [0.25, 0.3) is 10.1 Å². The van der Waals surface area contributed by atoms with Crippen LogP contribution < -0.4 is 0 Å². The quantitative estimate of drug-likeness (QED) is 0.620. The van der Waals surface area contributed by atoms with E-state index < -0.39 is 0 Å². The average Bonchev–Trinajstić information content (AvgIpc) is 2.55. The summed E-state index contributed by atoms with van der Waals surface area (Å²) in [6.45, 7) is 0. The van der Waals surface area contributed by atoms with Crippen LogP contribution in [0.1, 0.15) is 0 Å². The van der Waals surface area contributed by atoms with Gasteiger partial charge in [0.1, 0.15) is 0 Å². The van der Waals surface area contributed by atoms with Crippen molar-refractivity contribution in [3.63, 3.8) is 0 Å². The van der Waals surface area contributed by atoms with Gasteiger partial charge in [0, 0.05) is 12.4 Å². The zero-order valence-electron chi connectivity index (χ0n) is 6.19. The molecule has 2 aromatic heterocycles. The fourth-order valence-electron chi connectivity index (χ4n) is 0.808. The van der Waals surface area contributed by atoms with E-state index in [4.69, 9.17) is 0 Å². The Hall–Kier alpha value is -0.540. The molecule has 0 aliphatic carbocycles. The van der Waals surface area contributed by atoms with E-state index in [9.17, 15) is 0 Å². The minimum Gasteiger partial charge on any atom is -0.263 e. The van der Waals surface area contributed by atoms with Gasteiger partial charge in [0.2, 0.25) is 0 Å². The lowest BCUT2D eigenvalue weighted by molar-refractivity contribution is 1.37. The first kappa shape index (κ1) is 8.56. The van der Waals surface area contributed by atoms with Crippen LogP contribution >= 0.6 is 24.0 Å². The first-order valence-corrected chi connectivity index (χ1v) is 4.96. The van der Waals surface area contributed by atoms with Crippen molar-refractivity contribution in [3.05, 3.63) is 29.9 Å². The Morgan fingerprint density at radius 2 is 2.18 bits per heavy atom. The Morgan fingerprint density at radius 3 is 2.91 bits per heavy atom. The van der Waals surface area contributed by atoms with Crippen molar-refractivity contribution in [2.45, 2.75) is 0 Å². The second-order valence-corrected chi connectivity index (χ2v) is 2.78. The number of pyridine rings is 1. The van der Waals surface area contributed by atoms with Crippen LogP contribution in [0.3, 0.4) is 0 Å². The standard InChI is InChI=1S/C7H5NS.CH4S/c1-3-8-5-7-6(1)2-4-9-7;1-2/h1-5H;2H,1H3. The van der Waals surface area contributed by atoms with Crippen LogP contribution in [-0.4, -0.2) is 11.2 Å². The Kier molecular flexibility index (Phi) is 3.39. The molecule has 0 fully saturated rings. The molecular weight excluding hydrogens is 174 g/mol. The van der Waals surface area contributed by atoms with Crippen molar-refractivity contribution >= 4 is 34.1 Å². The van der Waals surface area contributed by atoms with E-state index in [1.54, 1.807) is 17.6 Å². The molecule has 3 heteroatoms. The summed E-state index contributed by atoms with van der Waals surface area (Å²) in [6, 6.07) is 4.12. The number of hydrogen-bond acceptors (Lipinski definition) is 3. The molecule has 0 saturated heterocycles. The van der Waals surface area contributed by atoms with Gasteiger partial charge in [-0.3, -0.25) is 4.98 Å². The highest BCUT2D eigenvalue weighted by Crippen LogP contribution is 2.17. The van der Waals surface area contributed by atoms with Crippen LogP contribution in [0.15, 0.2) is 29.9 Å². The molecule has 1 nitrogen and oxygen atoms in total. The first-order valence-electron chi connectivity index (χ1n) is 3.19. The third kappa shape index (κ3) is 1.94. The molecule has 58 valence electrons. The summed E-state index contributed by atoms with van der Waals surface area (Å²) in [5.41, 5.74) is 0. The zero-order chi connectivity index (χ0) is 8.10. The lowest BCUT2D eigenvalue weighted by atomic mass is 10.3. The van der Waals surface area contributed by atoms with Crippen molar-refractivity contribution < 1.29 is 0 Å². The van der Waals surface area contributed by atoms with Gasteiger partial charge in [-0.2, -0.15) is 12.6 Å². The van der Waals surface area contributed by atoms with Gasteiger partial charge in [-0.1, -0.05) is 0 Å². The number of hydrogen-bond donors (Lipinski definition) is 1. The van der Waals surface area contributed by atoms with Crippen LogP contribution in [0.5, 0.6) is 0 Å². The number of aromatic nitrogens is 1. The first-order chi connectivity index (χ1) is 5.47. The summed E-state index contributed by atoms with van der Waals surface area (Å²) < 4.78 is 1.26. The molecule has 0 bridgehead atoms. The monoisotopic (exact) mass is 183 g/mol. The number of rotatable bonds is 0. The van der Waals surface area contributed by atoms with E-state index in [0.29, 0.717) is 0 Å². The van der Waals surface area contributed by atoms with E-state index >= 15 is 0 Å². The summed E-state index contributed by atoms with van der Waals surface area (Å²) in [5.74, 6) is 0. The van der Waals surface area contributed by atoms with E-state index in [1.165, 1.54) is 10.1 Å². The van der Waals surface area contributed by atoms with Gasteiger partial charge >= 0.3 is 0 Å². The third-order valence-corrected chi connectivity index (χ3v) is 2.13. The molecule has 0 aliphatic heterocycles. The minimum absolute atomic E-state index is 1.26. The van der Waals surface area contributed by atoms with Crippen molar-refractivity contribution in [1.29, 1.82) is 0 Å². The molecule has 2 rings (SSSR count). The molecule has 0 amide bonds. The Bertz CT molecular complexity index is 286. The second-order valence-electron chi connectivity index (χ2n) is 1.83. The summed E-state index contributed by atoms with van der Waals surface area (Å²) >= 11 is 5.25. The van der Waals surface area contributed by atoms with Gasteiger partial charge in [0.15, 0.2) is 0 Å². The van der Waals surface area contributed by atoms with Crippen molar-refractivity contribution in [1.82, 2.24) is 4.98 Å². The SMILES string of the molecule is CS.c1cc2ccsc2cn1. The second kappa shape index (κ2) is 4.36. The molecule has 0 saturated carbocycles. The molecule has 0 radical (unpaired) electrons. The molecule has 11 heavy (non-hydrogen) atoms. The smallest absolute Gasteiger partial charge is 0.0526 e. The van der Waals surface area contributed by atoms with E-state index in [-0.39, 0.29) is 0 Å². The van der Waals surface area contributed by atoms with E-state index in [2.05, 4.69) is 29.1 Å². The fraction of sp³-hybridized carbons (Fsp3) is 0.125. The molecule has 2 aromatic rings. The normalized spacial score (nSPS) is 8.91. The highest BCUT2D eigenvalue weighted by molar-refractivity contribution is 7.79. The molecule has 0 atom stereocenters. The van der Waals surface area contributed by atoms with Crippen LogP contribution in [0, 0.1) is 0 Å². The van der Waals surface area contributed by atoms with Crippen LogP contribution in [-0.2, 0) is 0 Å². The zero-order valence-corrected chi connectivity index (χ0v) is 7.90. The predicted octanol–water partition coefficient (Wildman–Crippen LogP) is 2.84. The van der Waals surface area contributed by atoms with Gasteiger partial charge in [-0.05, 0) is 29.2 Å². The van der Waals surface area contributed by atoms with Crippen molar-refractivity contribution in [2.24, 2.45) is 0 Å². The minimum atomic E-state index is 1.26. The Balaban J connectivity index is 0.000000281. The van der Waals surface area contributed by atoms with E-state index in [1.807, 2.05) is 18.5 Å². The number of thiophene rings is 1. The maximum atomic E-state index is 4.00. The van der Waals surface area contributed by atoms with Gasteiger partial charge in [0.05, 0.1) is 4.70 Å². The summed E-state index contributed by atoms with van der Waals surface area (Å²) in [4.78, 5) is 4.00. The van der Waals surface area contributed by atoms with Crippen LogP contribution in [0.4, 0.5) is 0 Å². The fourth-order valence-corrected chi connectivity index (χ4v) is 1.56. The number of fused-ring (bicyclic) bond motifs is 1. The molecule has 0 aliphatic rings. The lowest BCUT2D eigenvalue weighted by Gasteiger charge is -1.81. The predicted molar refractivity (Wildman–Crippen MR) is 54.5 cm³/mol. The maximum absolute atomic E-state index is 4.00. The molecule has 0 spiro atoms. The molecule has 2 heterocycles. The molecule has 0 unspecified atom stereocenters. The largest absolute Gasteiger partial charge is 0.263 e.